The summed E-state index contributed by atoms with van der Waals surface area (Å²) in [7, 11) is 1.82. The summed E-state index contributed by atoms with van der Waals surface area (Å²) in [6.07, 6.45) is 3.27. The van der Waals surface area contributed by atoms with Gasteiger partial charge in [0.25, 0.3) is 5.91 Å². The molecule has 2 unspecified atom stereocenters. The van der Waals surface area contributed by atoms with Gasteiger partial charge in [0.15, 0.2) is 0 Å². The Hall–Kier alpha value is -1.88. The third kappa shape index (κ3) is 3.87. The highest BCUT2D eigenvalue weighted by Crippen LogP contribution is 2.29. The monoisotopic (exact) mass is 343 g/mol. The predicted molar refractivity (Wildman–Crippen MR) is 98.2 cm³/mol. The molecular weight excluding hydrogens is 314 g/mol. The molecule has 2 bridgehead atoms. The second kappa shape index (κ2) is 7.56. The van der Waals surface area contributed by atoms with Crippen molar-refractivity contribution in [2.24, 2.45) is 5.92 Å². The maximum atomic E-state index is 13.0. The van der Waals surface area contributed by atoms with E-state index in [0.29, 0.717) is 18.6 Å². The average Bonchev–Trinajstić information content (AvgIpc) is 2.86. The molecule has 2 saturated heterocycles. The first-order chi connectivity index (χ1) is 12.0. The zero-order chi connectivity index (χ0) is 18.0. The molecular formula is C20H29N3O2. The van der Waals surface area contributed by atoms with Crippen molar-refractivity contribution in [1.29, 1.82) is 0 Å². The molecule has 3 rings (SSSR count). The highest BCUT2D eigenvalue weighted by molar-refractivity contribution is 5.95. The van der Waals surface area contributed by atoms with E-state index in [-0.39, 0.29) is 17.7 Å². The minimum Gasteiger partial charge on any atom is -0.341 e. The molecule has 2 heterocycles. The van der Waals surface area contributed by atoms with Crippen LogP contribution in [-0.2, 0) is 11.3 Å². The lowest BCUT2D eigenvalue weighted by Crippen LogP contribution is -2.42. The molecule has 0 aliphatic carbocycles. The van der Waals surface area contributed by atoms with Crippen molar-refractivity contribution in [1.82, 2.24) is 15.1 Å². The van der Waals surface area contributed by atoms with E-state index in [4.69, 9.17) is 0 Å². The van der Waals surface area contributed by atoms with Crippen molar-refractivity contribution in [2.45, 2.75) is 51.7 Å². The number of carbonyl (C=O) groups is 2. The highest BCUT2D eigenvalue weighted by atomic mass is 16.2. The normalized spacial score (nSPS) is 22.8. The standard InChI is InChI=1S/C20H29N3O2/c1-14(2)19(24)22(3)13-15-4-6-16(7-5-15)20(25)23-17-8-9-18(23)12-21-11-10-17/h4-7,14,17-18,21H,8-13H2,1-3H3. The summed E-state index contributed by atoms with van der Waals surface area (Å²) < 4.78 is 0. The van der Waals surface area contributed by atoms with Crippen molar-refractivity contribution < 1.29 is 9.59 Å². The molecule has 2 aliphatic heterocycles. The number of nitrogens with zero attached hydrogens (tertiary/aromatic N) is 2. The fourth-order valence-corrected chi connectivity index (χ4v) is 4.01. The van der Waals surface area contributed by atoms with Gasteiger partial charge in [-0.1, -0.05) is 26.0 Å². The first-order valence-corrected chi connectivity index (χ1v) is 9.34. The van der Waals surface area contributed by atoms with Crippen LogP contribution in [0.25, 0.3) is 0 Å². The van der Waals surface area contributed by atoms with Gasteiger partial charge in [0.1, 0.15) is 0 Å². The van der Waals surface area contributed by atoms with Gasteiger partial charge in [0, 0.05) is 43.7 Å². The fraction of sp³-hybridized carbons (Fsp3) is 0.600. The summed E-state index contributed by atoms with van der Waals surface area (Å²) in [6.45, 7) is 6.29. The molecule has 5 heteroatoms. The molecule has 0 spiro atoms. The van der Waals surface area contributed by atoms with Crippen LogP contribution < -0.4 is 5.32 Å². The van der Waals surface area contributed by atoms with E-state index < -0.39 is 0 Å². The molecule has 2 aliphatic rings. The van der Waals surface area contributed by atoms with Crippen LogP contribution in [-0.4, -0.2) is 53.8 Å². The summed E-state index contributed by atoms with van der Waals surface area (Å²) in [4.78, 5) is 28.8. The van der Waals surface area contributed by atoms with Crippen molar-refractivity contribution >= 4 is 11.8 Å². The molecule has 25 heavy (non-hydrogen) atoms. The fourth-order valence-electron chi connectivity index (χ4n) is 4.01. The zero-order valence-electron chi connectivity index (χ0n) is 15.5. The van der Waals surface area contributed by atoms with E-state index in [2.05, 4.69) is 10.2 Å². The van der Waals surface area contributed by atoms with Crippen LogP contribution in [0.15, 0.2) is 24.3 Å². The van der Waals surface area contributed by atoms with Gasteiger partial charge in [-0.15, -0.1) is 0 Å². The molecule has 0 aromatic heterocycles. The third-order valence-electron chi connectivity index (χ3n) is 5.38. The van der Waals surface area contributed by atoms with E-state index in [9.17, 15) is 9.59 Å². The summed E-state index contributed by atoms with van der Waals surface area (Å²) in [5.74, 6) is 0.279. The summed E-state index contributed by atoms with van der Waals surface area (Å²) in [5, 5.41) is 3.43. The molecule has 1 aromatic carbocycles. The number of nitrogens with one attached hydrogen (secondary N) is 1. The molecule has 0 saturated carbocycles. The largest absolute Gasteiger partial charge is 0.341 e. The number of benzene rings is 1. The van der Waals surface area contributed by atoms with E-state index in [1.54, 1.807) is 4.90 Å². The smallest absolute Gasteiger partial charge is 0.254 e. The zero-order valence-corrected chi connectivity index (χ0v) is 15.5. The molecule has 2 amide bonds. The minimum absolute atomic E-state index is 0.00188. The van der Waals surface area contributed by atoms with Gasteiger partial charge in [-0.2, -0.15) is 0 Å². The van der Waals surface area contributed by atoms with Gasteiger partial charge >= 0.3 is 0 Å². The van der Waals surface area contributed by atoms with E-state index in [1.807, 2.05) is 45.2 Å². The van der Waals surface area contributed by atoms with Crippen LogP contribution >= 0.6 is 0 Å². The Bertz CT molecular complexity index is 612. The number of carbonyl (C=O) groups excluding carboxylic acids is 2. The lowest BCUT2D eigenvalue weighted by molar-refractivity contribution is -0.133. The molecule has 0 radical (unpaired) electrons. The Morgan fingerprint density at radius 1 is 1.16 bits per heavy atom. The second-order valence-corrected chi connectivity index (χ2v) is 7.64. The van der Waals surface area contributed by atoms with Crippen LogP contribution in [0.3, 0.4) is 0 Å². The summed E-state index contributed by atoms with van der Waals surface area (Å²) >= 11 is 0. The first kappa shape index (κ1) is 17.9. The van der Waals surface area contributed by atoms with Crippen LogP contribution in [0.1, 0.15) is 49.0 Å². The molecule has 136 valence electrons. The predicted octanol–water partition coefficient (Wildman–Crippen LogP) is 2.27. The number of hydrogen-bond donors (Lipinski definition) is 1. The lowest BCUT2D eigenvalue weighted by atomic mass is 10.1. The van der Waals surface area contributed by atoms with E-state index in [1.165, 1.54) is 0 Å². The first-order valence-electron chi connectivity index (χ1n) is 9.34. The topological polar surface area (TPSA) is 52.7 Å². The number of hydrogen-bond acceptors (Lipinski definition) is 3. The average molecular weight is 343 g/mol. The van der Waals surface area contributed by atoms with Gasteiger partial charge in [-0.25, -0.2) is 0 Å². The Labute approximate surface area is 150 Å². The Balaban J connectivity index is 1.68. The van der Waals surface area contributed by atoms with Crippen molar-refractivity contribution in [2.75, 3.05) is 20.1 Å². The van der Waals surface area contributed by atoms with Crippen LogP contribution in [0.5, 0.6) is 0 Å². The number of rotatable bonds is 4. The Morgan fingerprint density at radius 2 is 1.84 bits per heavy atom. The maximum absolute atomic E-state index is 13.0. The van der Waals surface area contributed by atoms with Crippen LogP contribution in [0, 0.1) is 5.92 Å². The second-order valence-electron chi connectivity index (χ2n) is 7.64. The van der Waals surface area contributed by atoms with E-state index in [0.717, 1.165) is 43.5 Å². The summed E-state index contributed by atoms with van der Waals surface area (Å²) in [5.41, 5.74) is 1.80. The highest BCUT2D eigenvalue weighted by Gasteiger charge is 2.38. The van der Waals surface area contributed by atoms with Gasteiger partial charge in [-0.3, -0.25) is 9.59 Å². The van der Waals surface area contributed by atoms with Gasteiger partial charge in [0.05, 0.1) is 0 Å². The minimum atomic E-state index is -0.00188. The van der Waals surface area contributed by atoms with Crippen LogP contribution in [0.4, 0.5) is 0 Å². The SMILES string of the molecule is CC(C)C(=O)N(C)Cc1ccc(C(=O)N2C3CCNCC2CC3)cc1. The Kier molecular flexibility index (Phi) is 5.42. The maximum Gasteiger partial charge on any atom is 0.254 e. The molecule has 2 atom stereocenters. The number of amides is 2. The van der Waals surface area contributed by atoms with Crippen molar-refractivity contribution in [3.63, 3.8) is 0 Å². The quantitative estimate of drug-likeness (QED) is 0.912. The van der Waals surface area contributed by atoms with Gasteiger partial charge in [-0.05, 0) is 43.5 Å². The Morgan fingerprint density at radius 3 is 2.52 bits per heavy atom. The third-order valence-corrected chi connectivity index (χ3v) is 5.38. The van der Waals surface area contributed by atoms with Gasteiger partial charge in [0.2, 0.25) is 5.91 Å². The molecule has 1 N–H and O–H groups in total. The van der Waals surface area contributed by atoms with Crippen molar-refractivity contribution in [3.05, 3.63) is 35.4 Å². The molecule has 5 nitrogen and oxygen atoms in total. The van der Waals surface area contributed by atoms with E-state index >= 15 is 0 Å². The van der Waals surface area contributed by atoms with Gasteiger partial charge < -0.3 is 15.1 Å². The summed E-state index contributed by atoms with van der Waals surface area (Å²) in [6, 6.07) is 8.45. The van der Waals surface area contributed by atoms with Crippen LogP contribution in [0.2, 0.25) is 0 Å². The molecule has 2 fully saturated rings. The number of fused-ring (bicyclic) bond motifs is 2. The van der Waals surface area contributed by atoms with Crippen molar-refractivity contribution in [3.8, 4) is 0 Å². The lowest BCUT2D eigenvalue weighted by Gasteiger charge is -2.28. The molecule has 1 aromatic rings.